The first-order valence-corrected chi connectivity index (χ1v) is 6.42. The maximum absolute atomic E-state index is 11.0. The standard InChI is InChI=1S/C12H7ClN2O2S/c13-8-3-4-10(15(16)17)7-6-9(14-12(7)8)11-2-1-5-18-11/h1-6,14H. The molecule has 1 aromatic carbocycles. The normalized spacial score (nSPS) is 10.9. The minimum Gasteiger partial charge on any atom is -0.352 e. The smallest absolute Gasteiger partial charge is 0.278 e. The molecule has 6 heteroatoms. The molecule has 0 spiro atoms. The summed E-state index contributed by atoms with van der Waals surface area (Å²) in [5.74, 6) is 0. The molecule has 2 aromatic heterocycles. The molecule has 0 aliphatic rings. The molecule has 0 bridgehead atoms. The zero-order valence-corrected chi connectivity index (χ0v) is 10.6. The van der Waals surface area contributed by atoms with Crippen molar-refractivity contribution in [3.63, 3.8) is 0 Å². The second-order valence-corrected chi connectivity index (χ2v) is 5.13. The highest BCUT2D eigenvalue weighted by Gasteiger charge is 2.17. The van der Waals surface area contributed by atoms with Crippen LogP contribution in [-0.2, 0) is 0 Å². The van der Waals surface area contributed by atoms with E-state index in [1.165, 1.54) is 12.1 Å². The number of halogens is 1. The van der Waals surface area contributed by atoms with Crippen molar-refractivity contribution in [2.45, 2.75) is 0 Å². The van der Waals surface area contributed by atoms with E-state index in [0.29, 0.717) is 15.9 Å². The summed E-state index contributed by atoms with van der Waals surface area (Å²) >= 11 is 7.63. The molecule has 0 unspecified atom stereocenters. The number of hydrogen-bond donors (Lipinski definition) is 1. The van der Waals surface area contributed by atoms with Crippen LogP contribution in [0.5, 0.6) is 0 Å². The largest absolute Gasteiger partial charge is 0.352 e. The number of nitrogens with one attached hydrogen (secondary N) is 1. The molecule has 0 saturated heterocycles. The maximum atomic E-state index is 11.0. The van der Waals surface area contributed by atoms with E-state index in [9.17, 15) is 10.1 Å². The van der Waals surface area contributed by atoms with Gasteiger partial charge in [-0.2, -0.15) is 0 Å². The zero-order valence-electron chi connectivity index (χ0n) is 9.01. The van der Waals surface area contributed by atoms with Crippen molar-refractivity contribution in [2.75, 3.05) is 0 Å². The summed E-state index contributed by atoms with van der Waals surface area (Å²) in [6.45, 7) is 0. The molecule has 0 amide bonds. The van der Waals surface area contributed by atoms with Crippen LogP contribution in [0.3, 0.4) is 0 Å². The second kappa shape index (κ2) is 4.12. The summed E-state index contributed by atoms with van der Waals surface area (Å²) in [4.78, 5) is 14.7. The fourth-order valence-corrected chi connectivity index (χ4v) is 2.80. The van der Waals surface area contributed by atoms with Crippen molar-refractivity contribution >= 4 is 39.5 Å². The van der Waals surface area contributed by atoms with Gasteiger partial charge < -0.3 is 4.98 Å². The van der Waals surface area contributed by atoms with E-state index in [4.69, 9.17) is 11.6 Å². The molecule has 1 N–H and O–H groups in total. The van der Waals surface area contributed by atoms with Crippen LogP contribution in [-0.4, -0.2) is 9.91 Å². The van der Waals surface area contributed by atoms with Crippen LogP contribution in [0.15, 0.2) is 35.7 Å². The van der Waals surface area contributed by atoms with Crippen LogP contribution in [0.2, 0.25) is 5.02 Å². The zero-order chi connectivity index (χ0) is 12.7. The Bertz CT molecular complexity index is 734. The average molecular weight is 279 g/mol. The Morgan fingerprint density at radius 2 is 2.17 bits per heavy atom. The average Bonchev–Trinajstić information content (AvgIpc) is 2.97. The van der Waals surface area contributed by atoms with Gasteiger partial charge in [-0.3, -0.25) is 10.1 Å². The summed E-state index contributed by atoms with van der Waals surface area (Å²) in [5.41, 5.74) is 1.51. The molecule has 0 radical (unpaired) electrons. The Morgan fingerprint density at radius 3 is 2.83 bits per heavy atom. The molecule has 3 rings (SSSR count). The maximum Gasteiger partial charge on any atom is 0.278 e. The monoisotopic (exact) mass is 278 g/mol. The van der Waals surface area contributed by atoms with E-state index in [1.807, 2.05) is 17.5 Å². The lowest BCUT2D eigenvalue weighted by Gasteiger charge is -1.95. The van der Waals surface area contributed by atoms with Crippen molar-refractivity contribution < 1.29 is 4.92 Å². The van der Waals surface area contributed by atoms with Gasteiger partial charge in [0.05, 0.1) is 31.4 Å². The van der Waals surface area contributed by atoms with Gasteiger partial charge in [0.1, 0.15) is 0 Å². The van der Waals surface area contributed by atoms with Gasteiger partial charge in [-0.25, -0.2) is 0 Å². The van der Waals surface area contributed by atoms with Gasteiger partial charge in [0, 0.05) is 6.07 Å². The third kappa shape index (κ3) is 1.68. The number of nitrogens with zero attached hydrogens (tertiary/aromatic N) is 1. The minimum absolute atomic E-state index is 0.0634. The van der Waals surface area contributed by atoms with Crippen molar-refractivity contribution in [1.82, 2.24) is 4.98 Å². The predicted octanol–water partition coefficient (Wildman–Crippen LogP) is 4.46. The molecule has 4 nitrogen and oxygen atoms in total. The van der Waals surface area contributed by atoms with E-state index in [2.05, 4.69) is 4.98 Å². The van der Waals surface area contributed by atoms with Gasteiger partial charge in [0.25, 0.3) is 5.69 Å². The lowest BCUT2D eigenvalue weighted by atomic mass is 10.2. The van der Waals surface area contributed by atoms with Crippen LogP contribution >= 0.6 is 22.9 Å². The third-order valence-corrected chi connectivity index (χ3v) is 3.92. The Kier molecular flexibility index (Phi) is 2.57. The molecular weight excluding hydrogens is 272 g/mol. The van der Waals surface area contributed by atoms with E-state index >= 15 is 0 Å². The Morgan fingerprint density at radius 1 is 1.33 bits per heavy atom. The van der Waals surface area contributed by atoms with Crippen LogP contribution in [0, 0.1) is 10.1 Å². The van der Waals surface area contributed by atoms with Crippen molar-refractivity contribution in [2.24, 2.45) is 0 Å². The summed E-state index contributed by atoms with van der Waals surface area (Å²) in [6, 6.07) is 8.62. The van der Waals surface area contributed by atoms with Gasteiger partial charge >= 0.3 is 0 Å². The van der Waals surface area contributed by atoms with Gasteiger partial charge in [-0.1, -0.05) is 17.7 Å². The summed E-state index contributed by atoms with van der Waals surface area (Å²) in [6.07, 6.45) is 0. The fraction of sp³-hybridized carbons (Fsp3) is 0. The number of hydrogen-bond acceptors (Lipinski definition) is 3. The fourth-order valence-electron chi connectivity index (χ4n) is 1.89. The molecule has 0 fully saturated rings. The number of aromatic amines is 1. The van der Waals surface area contributed by atoms with Crippen LogP contribution < -0.4 is 0 Å². The summed E-state index contributed by atoms with van der Waals surface area (Å²) in [5, 5.41) is 14.0. The van der Waals surface area contributed by atoms with E-state index in [1.54, 1.807) is 17.4 Å². The van der Waals surface area contributed by atoms with Crippen molar-refractivity contribution in [3.05, 3.63) is 50.8 Å². The van der Waals surface area contributed by atoms with Crippen molar-refractivity contribution in [3.8, 4) is 10.6 Å². The number of rotatable bonds is 2. The predicted molar refractivity (Wildman–Crippen MR) is 73.3 cm³/mol. The van der Waals surface area contributed by atoms with E-state index < -0.39 is 4.92 Å². The number of non-ortho nitro benzene ring substituents is 1. The molecule has 0 aliphatic heterocycles. The number of nitro groups is 1. The molecule has 3 aromatic rings. The molecule has 0 saturated carbocycles. The number of aromatic nitrogens is 1. The third-order valence-electron chi connectivity index (χ3n) is 2.70. The van der Waals surface area contributed by atoms with Gasteiger partial charge in [-0.15, -0.1) is 11.3 Å². The number of nitro benzene ring substituents is 1. The Balaban J connectivity index is 2.31. The first-order chi connectivity index (χ1) is 8.66. The summed E-state index contributed by atoms with van der Waals surface area (Å²) < 4.78 is 0. The van der Waals surface area contributed by atoms with Gasteiger partial charge in [-0.05, 0) is 23.6 Å². The Hall–Kier alpha value is -1.85. The highest BCUT2D eigenvalue weighted by atomic mass is 35.5. The van der Waals surface area contributed by atoms with Gasteiger partial charge in [0.2, 0.25) is 0 Å². The number of fused-ring (bicyclic) bond motifs is 1. The highest BCUT2D eigenvalue weighted by molar-refractivity contribution is 7.13. The quantitative estimate of drug-likeness (QED) is 0.556. The van der Waals surface area contributed by atoms with Crippen molar-refractivity contribution in [1.29, 1.82) is 0 Å². The number of benzene rings is 1. The summed E-state index contributed by atoms with van der Waals surface area (Å²) in [7, 11) is 0. The van der Waals surface area contributed by atoms with Crippen LogP contribution in [0.1, 0.15) is 0 Å². The molecule has 0 atom stereocenters. The number of H-pyrrole nitrogens is 1. The number of thiophene rings is 1. The topological polar surface area (TPSA) is 58.9 Å². The first-order valence-electron chi connectivity index (χ1n) is 5.16. The van der Waals surface area contributed by atoms with E-state index in [-0.39, 0.29) is 5.69 Å². The SMILES string of the molecule is O=[N+]([O-])c1ccc(Cl)c2[nH]c(-c3cccs3)cc12. The molecule has 0 aliphatic carbocycles. The first kappa shape index (κ1) is 11.3. The molecule has 2 heterocycles. The highest BCUT2D eigenvalue weighted by Crippen LogP contribution is 2.35. The lowest BCUT2D eigenvalue weighted by molar-refractivity contribution is -0.383. The minimum atomic E-state index is -0.398. The lowest BCUT2D eigenvalue weighted by Crippen LogP contribution is -1.88. The van der Waals surface area contributed by atoms with E-state index in [0.717, 1.165) is 10.6 Å². The molecule has 90 valence electrons. The van der Waals surface area contributed by atoms with Crippen LogP contribution in [0.25, 0.3) is 21.5 Å². The van der Waals surface area contributed by atoms with Crippen LogP contribution in [0.4, 0.5) is 5.69 Å². The molecular formula is C12H7ClN2O2S. The Labute approximate surface area is 111 Å². The van der Waals surface area contributed by atoms with Gasteiger partial charge in [0.15, 0.2) is 0 Å². The second-order valence-electron chi connectivity index (χ2n) is 3.77. The molecule has 18 heavy (non-hydrogen) atoms.